The van der Waals surface area contributed by atoms with Crippen molar-refractivity contribution >= 4 is 40.1 Å². The van der Waals surface area contributed by atoms with Gasteiger partial charge in [-0.3, -0.25) is 10.1 Å². The number of hydrogen-bond donors (Lipinski definition) is 2. The number of nitro groups is 1. The minimum Gasteiger partial charge on any atom is -0.497 e. The number of hydrogen-bond acceptors (Lipinski definition) is 9. The number of ether oxygens (including phenoxy) is 1. The third-order valence-electron chi connectivity index (χ3n) is 4.50. The molecule has 164 valence electrons. The summed E-state index contributed by atoms with van der Waals surface area (Å²) in [6, 6.07) is 23.3. The molecular weight excluding hydrogens is 422 g/mol. The summed E-state index contributed by atoms with van der Waals surface area (Å²) < 4.78 is 5.19. The fraction of sp³-hybridized carbons (Fsp3) is 0.0435. The molecule has 0 aliphatic heterocycles. The van der Waals surface area contributed by atoms with Crippen LogP contribution in [0.4, 0.5) is 40.1 Å². The summed E-state index contributed by atoms with van der Waals surface area (Å²) in [6.45, 7) is 0. The Bertz CT molecular complexity index is 1280. The Morgan fingerprint density at radius 2 is 1.45 bits per heavy atom. The molecule has 0 saturated carbocycles. The first kappa shape index (κ1) is 21.4. The van der Waals surface area contributed by atoms with Gasteiger partial charge in [-0.1, -0.05) is 24.3 Å². The van der Waals surface area contributed by atoms with E-state index in [4.69, 9.17) is 4.74 Å². The molecule has 3 aromatic carbocycles. The Labute approximate surface area is 189 Å². The van der Waals surface area contributed by atoms with Gasteiger partial charge < -0.3 is 15.4 Å². The van der Waals surface area contributed by atoms with Crippen LogP contribution >= 0.6 is 0 Å². The predicted octanol–water partition coefficient (Wildman–Crippen LogP) is 6.30. The number of rotatable bonds is 8. The van der Waals surface area contributed by atoms with E-state index in [0.29, 0.717) is 22.8 Å². The molecule has 1 aromatic heterocycles. The van der Waals surface area contributed by atoms with E-state index in [1.54, 1.807) is 55.6 Å². The quantitative estimate of drug-likeness (QED) is 0.187. The minimum atomic E-state index is -0.534. The molecule has 10 nitrogen and oxygen atoms in total. The second-order valence-corrected chi connectivity index (χ2v) is 6.74. The summed E-state index contributed by atoms with van der Waals surface area (Å²) in [5.41, 5.74) is 2.29. The topological polar surface area (TPSA) is 127 Å². The largest absolute Gasteiger partial charge is 0.497 e. The van der Waals surface area contributed by atoms with E-state index >= 15 is 0 Å². The Kier molecular flexibility index (Phi) is 6.45. The summed E-state index contributed by atoms with van der Waals surface area (Å²) in [5, 5.41) is 26.1. The maximum absolute atomic E-state index is 11.8. The molecule has 4 rings (SSSR count). The molecule has 2 N–H and O–H groups in total. The molecule has 0 amide bonds. The molecule has 10 heteroatoms. The van der Waals surface area contributed by atoms with Crippen molar-refractivity contribution in [1.29, 1.82) is 0 Å². The van der Waals surface area contributed by atoms with Crippen molar-refractivity contribution in [3.8, 4) is 5.75 Å². The van der Waals surface area contributed by atoms with Gasteiger partial charge in [-0.15, -0.1) is 0 Å². The van der Waals surface area contributed by atoms with Crippen LogP contribution in [-0.4, -0.2) is 22.0 Å². The van der Waals surface area contributed by atoms with Crippen molar-refractivity contribution in [2.75, 3.05) is 17.7 Å². The van der Waals surface area contributed by atoms with Gasteiger partial charge in [-0.25, -0.2) is 9.97 Å². The van der Waals surface area contributed by atoms with E-state index in [0.717, 1.165) is 5.69 Å². The fourth-order valence-corrected chi connectivity index (χ4v) is 2.93. The predicted molar refractivity (Wildman–Crippen MR) is 125 cm³/mol. The monoisotopic (exact) mass is 441 g/mol. The molecule has 0 radical (unpaired) electrons. The molecular formula is C23H19N7O3. The van der Waals surface area contributed by atoms with Crippen LogP contribution in [0.15, 0.2) is 95.4 Å². The highest BCUT2D eigenvalue weighted by atomic mass is 16.6. The number of anilines is 4. The lowest BCUT2D eigenvalue weighted by molar-refractivity contribution is -0.383. The fourth-order valence-electron chi connectivity index (χ4n) is 2.93. The molecule has 1 heterocycles. The molecule has 0 atom stereocenters. The zero-order chi connectivity index (χ0) is 23.0. The van der Waals surface area contributed by atoms with Crippen LogP contribution in [0.2, 0.25) is 0 Å². The van der Waals surface area contributed by atoms with Crippen LogP contribution in [0, 0.1) is 10.1 Å². The lowest BCUT2D eigenvalue weighted by Crippen LogP contribution is -2.05. The average molecular weight is 441 g/mol. The maximum atomic E-state index is 11.8. The number of nitrogens with zero attached hydrogens (tertiary/aromatic N) is 5. The summed E-state index contributed by atoms with van der Waals surface area (Å²) in [5.74, 6) is 0.720. The molecule has 33 heavy (non-hydrogen) atoms. The summed E-state index contributed by atoms with van der Waals surface area (Å²) in [4.78, 5) is 19.4. The molecule has 4 aromatic rings. The summed E-state index contributed by atoms with van der Waals surface area (Å²) in [6.07, 6.45) is 1.25. The maximum Gasteiger partial charge on any atom is 0.353 e. The summed E-state index contributed by atoms with van der Waals surface area (Å²) in [7, 11) is 1.54. The van der Waals surface area contributed by atoms with Crippen molar-refractivity contribution in [2.45, 2.75) is 0 Å². The van der Waals surface area contributed by atoms with Gasteiger partial charge in [0.1, 0.15) is 12.1 Å². The number of benzene rings is 3. The number of azo groups is 1. The normalized spacial score (nSPS) is 10.7. The Hall–Kier alpha value is -4.86. The SMILES string of the molecule is COc1cccc(Nc2ncnc(Nc3ccc(N=Nc4ccccc4)cc3)c2[N+](=O)[O-])c1. The third kappa shape index (κ3) is 5.44. The average Bonchev–Trinajstić information content (AvgIpc) is 2.84. The highest BCUT2D eigenvalue weighted by molar-refractivity contribution is 5.77. The lowest BCUT2D eigenvalue weighted by Gasteiger charge is -2.11. The van der Waals surface area contributed by atoms with E-state index in [1.807, 2.05) is 30.3 Å². The number of aromatic nitrogens is 2. The van der Waals surface area contributed by atoms with Crippen molar-refractivity contribution in [3.63, 3.8) is 0 Å². The number of methoxy groups -OCH3 is 1. The molecule has 0 unspecified atom stereocenters. The molecule has 0 aliphatic carbocycles. The van der Waals surface area contributed by atoms with Gasteiger partial charge in [0.25, 0.3) is 0 Å². The van der Waals surface area contributed by atoms with Crippen LogP contribution in [-0.2, 0) is 0 Å². The van der Waals surface area contributed by atoms with E-state index in [1.165, 1.54) is 6.33 Å². The van der Waals surface area contributed by atoms with Gasteiger partial charge in [0.2, 0.25) is 11.6 Å². The van der Waals surface area contributed by atoms with Crippen LogP contribution in [0.1, 0.15) is 0 Å². The third-order valence-corrected chi connectivity index (χ3v) is 4.50. The molecule has 0 saturated heterocycles. The lowest BCUT2D eigenvalue weighted by atomic mass is 10.2. The van der Waals surface area contributed by atoms with Gasteiger partial charge in [0.15, 0.2) is 0 Å². The van der Waals surface area contributed by atoms with Crippen molar-refractivity contribution < 1.29 is 9.66 Å². The zero-order valence-electron chi connectivity index (χ0n) is 17.5. The molecule has 0 spiro atoms. The van der Waals surface area contributed by atoms with E-state index < -0.39 is 4.92 Å². The van der Waals surface area contributed by atoms with Gasteiger partial charge in [0, 0.05) is 17.4 Å². The van der Waals surface area contributed by atoms with Crippen molar-refractivity contribution in [3.05, 3.63) is 95.3 Å². The highest BCUT2D eigenvalue weighted by Gasteiger charge is 2.23. The second kappa shape index (κ2) is 9.96. The Balaban J connectivity index is 1.54. The molecule has 0 fully saturated rings. The smallest absolute Gasteiger partial charge is 0.353 e. The molecule has 0 bridgehead atoms. The van der Waals surface area contributed by atoms with Gasteiger partial charge in [-0.2, -0.15) is 10.2 Å². The van der Waals surface area contributed by atoms with Crippen LogP contribution < -0.4 is 15.4 Å². The van der Waals surface area contributed by atoms with E-state index in [9.17, 15) is 10.1 Å². The van der Waals surface area contributed by atoms with Gasteiger partial charge >= 0.3 is 5.69 Å². The number of nitrogens with one attached hydrogen (secondary N) is 2. The van der Waals surface area contributed by atoms with Gasteiger partial charge in [-0.05, 0) is 48.5 Å². The molecule has 0 aliphatic rings. The zero-order valence-corrected chi connectivity index (χ0v) is 17.5. The first-order valence-electron chi connectivity index (χ1n) is 9.87. The van der Waals surface area contributed by atoms with E-state index in [2.05, 4.69) is 30.8 Å². The minimum absolute atomic E-state index is 0.0547. The summed E-state index contributed by atoms with van der Waals surface area (Å²) >= 11 is 0. The first-order chi connectivity index (χ1) is 16.1. The van der Waals surface area contributed by atoms with Crippen LogP contribution in [0.3, 0.4) is 0 Å². The highest BCUT2D eigenvalue weighted by Crippen LogP contribution is 2.34. The van der Waals surface area contributed by atoms with Crippen LogP contribution in [0.25, 0.3) is 0 Å². The van der Waals surface area contributed by atoms with Crippen molar-refractivity contribution in [2.24, 2.45) is 10.2 Å². The van der Waals surface area contributed by atoms with Crippen LogP contribution in [0.5, 0.6) is 5.75 Å². The van der Waals surface area contributed by atoms with E-state index in [-0.39, 0.29) is 17.3 Å². The first-order valence-corrected chi connectivity index (χ1v) is 9.87. The Morgan fingerprint density at radius 1 is 0.818 bits per heavy atom. The van der Waals surface area contributed by atoms with Crippen molar-refractivity contribution in [1.82, 2.24) is 9.97 Å². The standard InChI is InChI=1S/C23H19N7O3/c1-33-20-9-5-8-19(14-20)27-23-21(30(31)32)22(24-15-25-23)26-16-10-12-18(13-11-16)29-28-17-6-3-2-4-7-17/h2-15H,1H3,(H2,24,25,26,27). The van der Waals surface area contributed by atoms with Gasteiger partial charge in [0.05, 0.1) is 23.4 Å². The Morgan fingerprint density at radius 3 is 2.09 bits per heavy atom. The second-order valence-electron chi connectivity index (χ2n) is 6.74.